The average Bonchev–Trinajstić information content (AvgIpc) is 3.95. The van der Waals surface area contributed by atoms with Crippen molar-refractivity contribution in [1.82, 2.24) is 8.80 Å². The van der Waals surface area contributed by atoms with E-state index in [0.29, 0.717) is 0 Å². The largest absolute Gasteiger partial charge is 0.309 e. The molecule has 0 unspecified atom stereocenters. The van der Waals surface area contributed by atoms with Gasteiger partial charge in [0.25, 0.3) is 0 Å². The van der Waals surface area contributed by atoms with Crippen molar-refractivity contribution in [2.24, 2.45) is 0 Å². The van der Waals surface area contributed by atoms with E-state index in [1.54, 1.807) is 0 Å². The number of hydrogen-bond acceptors (Lipinski definition) is 2. The molecule has 0 amide bonds. The standard InChI is InChI=1S/C76H50N4/c1-47-29-35-53(36-30-47)77(65-41-33-49-17-9-11-23-55(49)71(65)51-19-5-3-6-20-51)67-43-39-57-61-45-70-62(46-69(61)79-63-27-15-13-25-59(63)73(67)75(57)79)58-40-44-68(74-60-26-14-16-28-64(60)80(70)76(58)74)78(54-37-31-48(2)32-38-54)66-42-34-50-18-10-12-24-56(50)72(66)52-21-7-4-8-22-52/h3-46H,1-2H3. The van der Waals surface area contributed by atoms with E-state index in [1.807, 2.05) is 0 Å². The average molecular weight is 1020 g/mol. The number of para-hydroxylation sites is 2. The molecule has 0 bridgehead atoms. The zero-order valence-corrected chi connectivity index (χ0v) is 44.2. The van der Waals surface area contributed by atoms with Crippen molar-refractivity contribution in [1.29, 1.82) is 0 Å². The van der Waals surface area contributed by atoms with E-state index in [9.17, 15) is 0 Å². The highest BCUT2D eigenvalue weighted by Gasteiger charge is 2.30. The van der Waals surface area contributed by atoms with E-state index in [1.165, 1.54) is 131 Å². The highest BCUT2D eigenvalue weighted by atomic mass is 15.2. The molecule has 0 saturated heterocycles. The topological polar surface area (TPSA) is 15.3 Å². The van der Waals surface area contributed by atoms with E-state index < -0.39 is 0 Å². The number of benzene rings is 13. The van der Waals surface area contributed by atoms with Crippen LogP contribution >= 0.6 is 0 Å². The zero-order valence-electron chi connectivity index (χ0n) is 44.2. The number of aryl methyl sites for hydroxylation is 2. The van der Waals surface area contributed by atoms with Crippen LogP contribution in [0.5, 0.6) is 0 Å². The number of nitrogens with zero attached hydrogens (tertiary/aromatic N) is 4. The summed E-state index contributed by atoms with van der Waals surface area (Å²) in [5.41, 5.74) is 21.3. The van der Waals surface area contributed by atoms with Crippen molar-refractivity contribution in [2.75, 3.05) is 9.80 Å². The van der Waals surface area contributed by atoms with Gasteiger partial charge in [0.2, 0.25) is 0 Å². The summed E-state index contributed by atoms with van der Waals surface area (Å²) in [5.74, 6) is 0. The summed E-state index contributed by atoms with van der Waals surface area (Å²) in [5, 5.41) is 14.8. The first-order chi connectivity index (χ1) is 39.6. The van der Waals surface area contributed by atoms with Crippen LogP contribution in [0.4, 0.5) is 34.1 Å². The number of fused-ring (bicyclic) bond motifs is 14. The van der Waals surface area contributed by atoms with Crippen LogP contribution in [0.3, 0.4) is 0 Å². The maximum absolute atomic E-state index is 2.56. The molecular formula is C76H50N4. The minimum Gasteiger partial charge on any atom is -0.309 e. The molecule has 17 aromatic rings. The maximum atomic E-state index is 2.56. The Morgan fingerprint density at radius 3 is 1.05 bits per heavy atom. The highest BCUT2D eigenvalue weighted by molar-refractivity contribution is 6.32. The molecule has 0 aliphatic rings. The van der Waals surface area contributed by atoms with Gasteiger partial charge in [0, 0.05) is 65.6 Å². The zero-order chi connectivity index (χ0) is 52.7. The van der Waals surface area contributed by atoms with Crippen LogP contribution in [0.1, 0.15) is 11.1 Å². The molecule has 4 heteroatoms. The Bertz CT molecular complexity index is 4970. The van der Waals surface area contributed by atoms with Gasteiger partial charge in [-0.15, -0.1) is 0 Å². The smallest absolute Gasteiger partial charge is 0.0641 e. The molecule has 80 heavy (non-hydrogen) atoms. The molecule has 0 fully saturated rings. The predicted molar refractivity (Wildman–Crippen MR) is 340 cm³/mol. The molecular weight excluding hydrogens is 969 g/mol. The Hall–Kier alpha value is -10.4. The monoisotopic (exact) mass is 1020 g/mol. The van der Waals surface area contributed by atoms with Gasteiger partial charge < -0.3 is 18.6 Å². The van der Waals surface area contributed by atoms with Crippen molar-refractivity contribution in [3.05, 3.63) is 278 Å². The first-order valence-electron chi connectivity index (χ1n) is 27.8. The van der Waals surface area contributed by atoms with Crippen molar-refractivity contribution in [3.8, 4) is 22.3 Å². The van der Waals surface area contributed by atoms with Crippen LogP contribution in [0, 0.1) is 13.8 Å². The fourth-order valence-corrected chi connectivity index (χ4v) is 13.8. The molecule has 0 radical (unpaired) electrons. The third kappa shape index (κ3) is 6.33. The lowest BCUT2D eigenvalue weighted by atomic mass is 9.94. The van der Waals surface area contributed by atoms with Gasteiger partial charge >= 0.3 is 0 Å². The molecule has 13 aromatic carbocycles. The quantitative estimate of drug-likeness (QED) is 0.151. The molecule has 0 N–H and O–H groups in total. The lowest BCUT2D eigenvalue weighted by Crippen LogP contribution is -2.12. The second-order valence-corrected chi connectivity index (χ2v) is 21.7. The summed E-state index contributed by atoms with van der Waals surface area (Å²) in [6.45, 7) is 4.34. The lowest BCUT2D eigenvalue weighted by molar-refractivity contribution is 1.29. The van der Waals surface area contributed by atoms with Gasteiger partial charge in [-0.25, -0.2) is 0 Å². The highest BCUT2D eigenvalue weighted by Crippen LogP contribution is 2.54. The van der Waals surface area contributed by atoms with E-state index in [0.717, 1.165) is 34.1 Å². The van der Waals surface area contributed by atoms with Gasteiger partial charge in [-0.1, -0.05) is 205 Å². The van der Waals surface area contributed by atoms with E-state index in [-0.39, 0.29) is 0 Å². The van der Waals surface area contributed by atoms with Crippen molar-refractivity contribution < 1.29 is 0 Å². The van der Waals surface area contributed by atoms with Gasteiger partial charge in [-0.2, -0.15) is 0 Å². The summed E-state index contributed by atoms with van der Waals surface area (Å²) in [6, 6.07) is 99.4. The van der Waals surface area contributed by atoms with Crippen LogP contribution in [0.25, 0.3) is 120 Å². The van der Waals surface area contributed by atoms with Crippen LogP contribution in [-0.4, -0.2) is 8.80 Å². The summed E-state index contributed by atoms with van der Waals surface area (Å²) in [6.07, 6.45) is 0. The van der Waals surface area contributed by atoms with Gasteiger partial charge in [0.15, 0.2) is 0 Å². The third-order valence-electron chi connectivity index (χ3n) is 17.3. The summed E-state index contributed by atoms with van der Waals surface area (Å²) in [4.78, 5) is 5.04. The molecule has 0 saturated carbocycles. The summed E-state index contributed by atoms with van der Waals surface area (Å²) >= 11 is 0. The third-order valence-corrected chi connectivity index (χ3v) is 17.3. The Morgan fingerprint density at radius 2 is 0.625 bits per heavy atom. The summed E-state index contributed by atoms with van der Waals surface area (Å²) < 4.78 is 5.12. The molecule has 4 heterocycles. The second kappa shape index (κ2) is 17.0. The van der Waals surface area contributed by atoms with Crippen molar-refractivity contribution in [2.45, 2.75) is 13.8 Å². The molecule has 17 rings (SSSR count). The Kier molecular flexibility index (Phi) is 9.52. The van der Waals surface area contributed by atoms with Crippen molar-refractivity contribution >= 4 is 132 Å². The number of hydrogen-bond donors (Lipinski definition) is 0. The number of rotatable bonds is 8. The Morgan fingerprint density at radius 1 is 0.263 bits per heavy atom. The number of aromatic nitrogens is 2. The van der Waals surface area contributed by atoms with E-state index in [4.69, 9.17) is 0 Å². The fourth-order valence-electron chi connectivity index (χ4n) is 13.8. The van der Waals surface area contributed by atoms with E-state index in [2.05, 4.69) is 299 Å². The molecule has 0 spiro atoms. The number of anilines is 6. The normalized spacial score (nSPS) is 12.1. The van der Waals surface area contributed by atoms with Gasteiger partial charge in [0.05, 0.1) is 55.8 Å². The van der Waals surface area contributed by atoms with Crippen LogP contribution < -0.4 is 9.80 Å². The molecule has 0 atom stereocenters. The lowest BCUT2D eigenvalue weighted by Gasteiger charge is -2.29. The molecule has 4 nitrogen and oxygen atoms in total. The Labute approximate surface area is 462 Å². The molecule has 4 aromatic heterocycles. The van der Waals surface area contributed by atoms with Gasteiger partial charge in [-0.05, 0) is 119 Å². The van der Waals surface area contributed by atoms with Crippen LogP contribution in [0.15, 0.2) is 267 Å². The van der Waals surface area contributed by atoms with Crippen molar-refractivity contribution in [3.63, 3.8) is 0 Å². The maximum Gasteiger partial charge on any atom is 0.0641 e. The SMILES string of the molecule is Cc1ccc(N(c2ccc3ccccc3c2-c2ccccc2)c2ccc3c4cc5c(cc4n4c6ccccc6c2c34)c2ccc(N(c3ccc(C)cc3)c3ccc4ccccc4c3-c3ccccc3)c3c4ccccc4n5c23)cc1. The molecule has 0 aliphatic heterocycles. The first kappa shape index (κ1) is 44.7. The van der Waals surface area contributed by atoms with Crippen LogP contribution in [-0.2, 0) is 0 Å². The Balaban J connectivity index is 0.947. The minimum atomic E-state index is 1.11. The summed E-state index contributed by atoms with van der Waals surface area (Å²) in [7, 11) is 0. The molecule has 0 aliphatic carbocycles. The van der Waals surface area contributed by atoms with Gasteiger partial charge in [0.1, 0.15) is 0 Å². The minimum absolute atomic E-state index is 1.11. The van der Waals surface area contributed by atoms with Crippen LogP contribution in [0.2, 0.25) is 0 Å². The van der Waals surface area contributed by atoms with E-state index >= 15 is 0 Å². The second-order valence-electron chi connectivity index (χ2n) is 21.7. The van der Waals surface area contributed by atoms with Gasteiger partial charge in [-0.3, -0.25) is 0 Å². The fraction of sp³-hybridized carbons (Fsp3) is 0.0263. The predicted octanol–water partition coefficient (Wildman–Crippen LogP) is 21.2. The first-order valence-corrected chi connectivity index (χ1v) is 27.8. The molecule has 374 valence electrons.